The van der Waals surface area contributed by atoms with E-state index in [9.17, 15) is 0 Å². The van der Waals surface area contributed by atoms with Crippen LogP contribution in [0, 0.1) is 48.5 Å². The zero-order chi connectivity index (χ0) is 53.4. The fraction of sp³-hybridized carbons (Fsp3) is 0.352. The fourth-order valence-corrected chi connectivity index (χ4v) is 13.6. The molecule has 0 N–H and O–H groups in total. The van der Waals surface area contributed by atoms with Gasteiger partial charge in [0.2, 0.25) is 0 Å². The predicted octanol–water partition coefficient (Wildman–Crippen LogP) is 18.1. The third kappa shape index (κ3) is 8.41. The molecule has 0 atom stereocenters. The molecule has 3 nitrogen and oxygen atoms in total. The summed E-state index contributed by atoms with van der Waals surface area (Å²) in [5.74, 6) is 0. The second-order valence-electron chi connectivity index (χ2n) is 26.5. The number of hydrogen-bond acceptors (Lipinski definition) is 3. The van der Waals surface area contributed by atoms with Crippen molar-refractivity contribution < 1.29 is 0 Å². The van der Waals surface area contributed by atoms with Crippen molar-refractivity contribution in [2.45, 2.75) is 165 Å². The van der Waals surface area contributed by atoms with Crippen LogP contribution in [0.5, 0.6) is 0 Å². The van der Waals surface area contributed by atoms with Crippen molar-refractivity contribution in [1.82, 2.24) is 0 Å². The quantitative estimate of drug-likeness (QED) is 0.154. The maximum absolute atomic E-state index is 2.71. The van der Waals surface area contributed by atoms with E-state index in [-0.39, 0.29) is 28.4 Å². The van der Waals surface area contributed by atoms with Crippen LogP contribution in [0.15, 0.2) is 127 Å². The molecular formula is C71H80BN3. The number of anilines is 9. The minimum atomic E-state index is -0.142. The predicted molar refractivity (Wildman–Crippen MR) is 327 cm³/mol. The molecule has 0 amide bonds. The van der Waals surface area contributed by atoms with Crippen molar-refractivity contribution in [3.63, 3.8) is 0 Å². The summed E-state index contributed by atoms with van der Waals surface area (Å²) in [6, 6.07) is 43.8. The standard InChI is InChI=1S/C71H80BN3/c1-43-34-46(4)66(47(5)35-43)73(54-28-26-51(27-29-54)50-24-19-18-20-25-50)55-30-31-58-60(40-55)74(67-48(6)36-52(37-49(67)7)68(8,9)10)62-38-53(69(11,12)13)39-63-64(62)72(58)59-41-56-57(71(16,17)33-32-70(56,14)15)42-61(59)75(63)65-44(2)22-21-23-45(65)3/h19,21-31,34-42H,18,20,32-33H2,1-17H3. The summed E-state index contributed by atoms with van der Waals surface area (Å²) in [4.78, 5) is 7.96. The Morgan fingerprint density at radius 2 is 1.01 bits per heavy atom. The number of aryl methyl sites for hydroxylation is 7. The van der Waals surface area contributed by atoms with Crippen LogP contribution in [0.1, 0.15) is 162 Å². The van der Waals surface area contributed by atoms with Gasteiger partial charge in [-0.2, -0.15) is 0 Å². The molecule has 2 aliphatic heterocycles. The molecule has 0 fully saturated rings. The van der Waals surface area contributed by atoms with E-state index in [4.69, 9.17) is 0 Å². The van der Waals surface area contributed by atoms with Gasteiger partial charge in [0.15, 0.2) is 0 Å². The van der Waals surface area contributed by atoms with Crippen molar-refractivity contribution in [1.29, 1.82) is 0 Å². The second kappa shape index (κ2) is 17.8. The summed E-state index contributed by atoms with van der Waals surface area (Å²) in [6.45, 7) is 40.3. The van der Waals surface area contributed by atoms with Crippen LogP contribution in [-0.4, -0.2) is 6.71 Å². The summed E-state index contributed by atoms with van der Waals surface area (Å²) in [5, 5.41) is 0. The monoisotopic (exact) mass is 986 g/mol. The highest BCUT2D eigenvalue weighted by atomic mass is 15.2. The Balaban J connectivity index is 1.27. The lowest BCUT2D eigenvalue weighted by Crippen LogP contribution is -2.62. The molecule has 2 aliphatic carbocycles. The third-order valence-corrected chi connectivity index (χ3v) is 17.7. The summed E-state index contributed by atoms with van der Waals surface area (Å²) in [7, 11) is 0. The van der Waals surface area contributed by atoms with Crippen LogP contribution >= 0.6 is 0 Å². The Bertz CT molecular complexity index is 3480. The molecule has 382 valence electrons. The molecule has 75 heavy (non-hydrogen) atoms. The SMILES string of the molecule is Cc1cc(C)c(N(c2ccc(C3=CCCC=C3)cc2)c2ccc3c(c2)N(c2c(C)cc(C(C)(C)C)cc2C)c2cc(C(C)(C)C)cc4c2B3c2cc3c(cc2N4c2c(C)cccc2C)C(C)(C)CCC3(C)C)c(C)c1. The normalized spacial score (nSPS) is 16.3. The van der Waals surface area contributed by atoms with Crippen molar-refractivity contribution >= 4 is 79.9 Å². The van der Waals surface area contributed by atoms with Gasteiger partial charge in [0, 0.05) is 34.1 Å². The first-order valence-electron chi connectivity index (χ1n) is 28.0. The van der Waals surface area contributed by atoms with Gasteiger partial charge in [-0.05, 0) is 221 Å². The molecular weight excluding hydrogens is 906 g/mol. The van der Waals surface area contributed by atoms with E-state index in [1.807, 2.05) is 0 Å². The molecule has 11 rings (SSSR count). The van der Waals surface area contributed by atoms with Crippen LogP contribution in [0.25, 0.3) is 5.57 Å². The third-order valence-electron chi connectivity index (χ3n) is 17.7. The maximum atomic E-state index is 2.71. The van der Waals surface area contributed by atoms with Crippen LogP contribution < -0.4 is 31.1 Å². The van der Waals surface area contributed by atoms with Gasteiger partial charge in [-0.3, -0.25) is 0 Å². The van der Waals surface area contributed by atoms with Crippen molar-refractivity contribution in [3.05, 3.63) is 194 Å². The van der Waals surface area contributed by atoms with Gasteiger partial charge in [0.05, 0.1) is 17.1 Å². The number of para-hydroxylation sites is 1. The molecule has 0 saturated carbocycles. The lowest BCUT2D eigenvalue weighted by Gasteiger charge is -2.48. The Labute approximate surface area is 451 Å². The Morgan fingerprint density at radius 1 is 0.493 bits per heavy atom. The van der Waals surface area contributed by atoms with Crippen molar-refractivity contribution in [3.8, 4) is 0 Å². The van der Waals surface area contributed by atoms with Gasteiger partial charge in [0.25, 0.3) is 6.71 Å². The number of fused-ring (bicyclic) bond motifs is 5. The first kappa shape index (κ1) is 50.6. The molecule has 4 heteroatoms. The van der Waals surface area contributed by atoms with Gasteiger partial charge in [-0.15, -0.1) is 0 Å². The lowest BCUT2D eigenvalue weighted by atomic mass is 9.33. The Hall–Kier alpha value is -6.52. The zero-order valence-corrected chi connectivity index (χ0v) is 48.4. The second-order valence-corrected chi connectivity index (χ2v) is 26.5. The molecule has 7 aromatic carbocycles. The van der Waals surface area contributed by atoms with E-state index in [2.05, 4.69) is 260 Å². The number of hydrogen-bond donors (Lipinski definition) is 0. The van der Waals surface area contributed by atoms with Gasteiger partial charge in [-0.25, -0.2) is 0 Å². The molecule has 0 aromatic heterocycles. The summed E-state index contributed by atoms with van der Waals surface area (Å²) >= 11 is 0. The minimum absolute atomic E-state index is 0.00183. The zero-order valence-electron chi connectivity index (χ0n) is 48.4. The van der Waals surface area contributed by atoms with Crippen LogP contribution in [0.3, 0.4) is 0 Å². The Kier molecular flexibility index (Phi) is 12.0. The molecule has 4 aliphatic rings. The van der Waals surface area contributed by atoms with E-state index in [1.54, 1.807) is 0 Å². The molecule has 0 saturated heterocycles. The summed E-state index contributed by atoms with van der Waals surface area (Å²) in [5.41, 5.74) is 32.4. The topological polar surface area (TPSA) is 9.72 Å². The number of rotatable bonds is 6. The van der Waals surface area contributed by atoms with Gasteiger partial charge in [0.1, 0.15) is 0 Å². The first-order valence-corrected chi connectivity index (χ1v) is 28.0. The van der Waals surface area contributed by atoms with Gasteiger partial charge < -0.3 is 14.7 Å². The van der Waals surface area contributed by atoms with E-state index in [1.165, 1.54) is 129 Å². The van der Waals surface area contributed by atoms with Crippen LogP contribution in [0.2, 0.25) is 0 Å². The Morgan fingerprint density at radius 3 is 1.56 bits per heavy atom. The van der Waals surface area contributed by atoms with Crippen molar-refractivity contribution in [2.75, 3.05) is 14.7 Å². The number of nitrogens with zero attached hydrogens (tertiary/aromatic N) is 3. The van der Waals surface area contributed by atoms with Crippen LogP contribution in [-0.2, 0) is 21.7 Å². The van der Waals surface area contributed by atoms with E-state index >= 15 is 0 Å². The lowest BCUT2D eigenvalue weighted by molar-refractivity contribution is 0.332. The summed E-state index contributed by atoms with van der Waals surface area (Å²) < 4.78 is 0. The molecule has 0 radical (unpaired) electrons. The molecule has 7 aromatic rings. The maximum Gasteiger partial charge on any atom is 0.252 e. The highest BCUT2D eigenvalue weighted by Crippen LogP contribution is 2.53. The number of allylic oxidation sites excluding steroid dienone is 4. The van der Waals surface area contributed by atoms with Gasteiger partial charge >= 0.3 is 0 Å². The molecule has 0 spiro atoms. The average molecular weight is 986 g/mol. The van der Waals surface area contributed by atoms with E-state index in [0.717, 1.165) is 37.1 Å². The van der Waals surface area contributed by atoms with Crippen molar-refractivity contribution in [2.24, 2.45) is 0 Å². The molecule has 0 bridgehead atoms. The molecule has 2 heterocycles. The smallest absolute Gasteiger partial charge is 0.252 e. The van der Waals surface area contributed by atoms with Gasteiger partial charge in [-0.1, -0.05) is 160 Å². The van der Waals surface area contributed by atoms with Crippen LogP contribution in [0.4, 0.5) is 51.2 Å². The highest BCUT2D eigenvalue weighted by molar-refractivity contribution is 7.00. The fourth-order valence-electron chi connectivity index (χ4n) is 13.6. The first-order chi connectivity index (χ1) is 35.3. The number of benzene rings is 7. The largest absolute Gasteiger partial charge is 0.311 e. The average Bonchev–Trinajstić information content (AvgIpc) is 3.38. The van der Waals surface area contributed by atoms with E-state index in [0.29, 0.717) is 0 Å². The van der Waals surface area contributed by atoms with E-state index < -0.39 is 0 Å². The molecule has 0 unspecified atom stereocenters. The minimum Gasteiger partial charge on any atom is -0.311 e. The summed E-state index contributed by atoms with van der Waals surface area (Å²) in [6.07, 6.45) is 11.5. The highest BCUT2D eigenvalue weighted by Gasteiger charge is 2.48.